The number of hydrogen-bond donors (Lipinski definition) is 1. The Morgan fingerprint density at radius 3 is 3.17 bits per heavy atom. The smallest absolute Gasteiger partial charge is 0.409 e. The molecule has 0 aliphatic carbocycles. The van der Waals surface area contributed by atoms with Gasteiger partial charge in [-0.05, 0) is 12.3 Å². The highest BCUT2D eigenvalue weighted by Gasteiger charge is 2.40. The van der Waals surface area contributed by atoms with E-state index >= 15 is 0 Å². The van der Waals surface area contributed by atoms with Crippen LogP contribution in [0, 0.1) is 5.92 Å². The van der Waals surface area contributed by atoms with Crippen molar-refractivity contribution in [3.05, 3.63) is 0 Å². The van der Waals surface area contributed by atoms with Crippen LogP contribution in [0.15, 0.2) is 0 Å². The Balaban J connectivity index is 2.04. The predicted octanol–water partition coefficient (Wildman–Crippen LogP) is 0.0465. The highest BCUT2D eigenvalue weighted by molar-refractivity contribution is 5.68. The van der Waals surface area contributed by atoms with Gasteiger partial charge in [0.25, 0.3) is 0 Å². The number of hydrogen-bond acceptors (Lipinski definition) is 3. The Morgan fingerprint density at radius 1 is 1.58 bits per heavy atom. The predicted molar refractivity (Wildman–Crippen MR) is 43.9 cm³/mol. The molecule has 4 nitrogen and oxygen atoms in total. The molecule has 2 aliphatic heterocycles. The Morgan fingerprint density at radius 2 is 2.42 bits per heavy atom. The van der Waals surface area contributed by atoms with Crippen LogP contribution < -0.4 is 5.32 Å². The minimum Gasteiger partial charge on any atom is -0.453 e. The zero-order valence-electron chi connectivity index (χ0n) is 7.25. The fraction of sp³-hybridized carbons (Fsp3) is 0.875. The summed E-state index contributed by atoms with van der Waals surface area (Å²) < 4.78 is 4.70. The second-order valence-corrected chi connectivity index (χ2v) is 3.44. The van der Waals surface area contributed by atoms with Crippen molar-refractivity contribution in [2.75, 3.05) is 26.7 Å². The molecule has 2 fully saturated rings. The van der Waals surface area contributed by atoms with Gasteiger partial charge >= 0.3 is 6.09 Å². The van der Waals surface area contributed by atoms with Crippen molar-refractivity contribution < 1.29 is 9.53 Å². The second-order valence-electron chi connectivity index (χ2n) is 3.44. The third-order valence-electron chi connectivity index (χ3n) is 2.85. The Kier molecular flexibility index (Phi) is 1.92. The molecule has 2 saturated heterocycles. The number of nitrogens with zero attached hydrogens (tertiary/aromatic N) is 1. The molecule has 0 bridgehead atoms. The lowest BCUT2D eigenvalue weighted by Gasteiger charge is -2.21. The highest BCUT2D eigenvalue weighted by Crippen LogP contribution is 2.27. The van der Waals surface area contributed by atoms with Crippen LogP contribution in [-0.2, 0) is 4.74 Å². The molecule has 2 heterocycles. The van der Waals surface area contributed by atoms with Gasteiger partial charge in [-0.15, -0.1) is 0 Å². The molecule has 2 unspecified atom stereocenters. The second kappa shape index (κ2) is 2.94. The van der Waals surface area contributed by atoms with Gasteiger partial charge in [0.1, 0.15) is 0 Å². The highest BCUT2D eigenvalue weighted by atomic mass is 16.5. The molecule has 4 heteroatoms. The van der Waals surface area contributed by atoms with Gasteiger partial charge in [0.05, 0.1) is 13.2 Å². The van der Waals surface area contributed by atoms with E-state index in [1.807, 2.05) is 4.90 Å². The monoisotopic (exact) mass is 170 g/mol. The average molecular weight is 170 g/mol. The summed E-state index contributed by atoms with van der Waals surface area (Å²) in [5.41, 5.74) is 0. The average Bonchev–Trinajstić information content (AvgIpc) is 2.62. The summed E-state index contributed by atoms with van der Waals surface area (Å²) in [6.07, 6.45) is 0.943. The first-order valence-electron chi connectivity index (χ1n) is 4.38. The maximum absolute atomic E-state index is 11.2. The van der Waals surface area contributed by atoms with E-state index in [0.717, 1.165) is 26.1 Å². The fourth-order valence-electron chi connectivity index (χ4n) is 2.19. The van der Waals surface area contributed by atoms with Gasteiger partial charge in [-0.2, -0.15) is 0 Å². The zero-order valence-corrected chi connectivity index (χ0v) is 7.25. The maximum Gasteiger partial charge on any atom is 0.409 e. The van der Waals surface area contributed by atoms with Crippen LogP contribution in [0.25, 0.3) is 0 Å². The van der Waals surface area contributed by atoms with Gasteiger partial charge in [0.15, 0.2) is 0 Å². The lowest BCUT2D eigenvalue weighted by molar-refractivity contribution is 0.119. The quantitative estimate of drug-likeness (QED) is 0.558. The largest absolute Gasteiger partial charge is 0.453 e. The summed E-state index contributed by atoms with van der Waals surface area (Å²) >= 11 is 0. The molecule has 12 heavy (non-hydrogen) atoms. The number of fused-ring (bicyclic) bond motifs is 1. The SMILES string of the molecule is COC(=O)N1CCC2CNCC21. The summed E-state index contributed by atoms with van der Waals surface area (Å²) in [6, 6.07) is 0.387. The molecule has 0 aromatic carbocycles. The van der Waals surface area contributed by atoms with Crippen LogP contribution in [0.4, 0.5) is 4.79 Å². The number of ether oxygens (including phenoxy) is 1. The molecule has 68 valence electrons. The molecule has 0 aromatic rings. The number of carbonyl (C=O) groups is 1. The van der Waals surface area contributed by atoms with Gasteiger partial charge in [0.2, 0.25) is 0 Å². The molecule has 2 rings (SSSR count). The molecule has 2 atom stereocenters. The zero-order chi connectivity index (χ0) is 8.55. The molecule has 2 aliphatic rings. The number of likely N-dealkylation sites (tertiary alicyclic amines) is 1. The van der Waals surface area contributed by atoms with Crippen LogP contribution in [0.2, 0.25) is 0 Å². The standard InChI is InChI=1S/C8H14N2O2/c1-12-8(11)10-3-2-6-4-9-5-7(6)10/h6-7,9H,2-5H2,1H3. The lowest BCUT2D eigenvalue weighted by atomic mass is 10.1. The Bertz CT molecular complexity index is 195. The first kappa shape index (κ1) is 7.86. The van der Waals surface area contributed by atoms with E-state index in [1.54, 1.807) is 0 Å². The van der Waals surface area contributed by atoms with E-state index in [-0.39, 0.29) is 6.09 Å². The van der Waals surface area contributed by atoms with E-state index in [2.05, 4.69) is 5.32 Å². The molecule has 1 N–H and O–H groups in total. The summed E-state index contributed by atoms with van der Waals surface area (Å²) in [4.78, 5) is 13.1. The van der Waals surface area contributed by atoms with E-state index in [1.165, 1.54) is 7.11 Å². The molecule has 0 radical (unpaired) electrons. The van der Waals surface area contributed by atoms with Crippen LogP contribution in [0.3, 0.4) is 0 Å². The summed E-state index contributed by atoms with van der Waals surface area (Å²) in [6.45, 7) is 2.85. The fourth-order valence-corrected chi connectivity index (χ4v) is 2.19. The van der Waals surface area contributed by atoms with Gasteiger partial charge in [-0.1, -0.05) is 0 Å². The Labute approximate surface area is 71.9 Å². The first-order chi connectivity index (χ1) is 5.83. The van der Waals surface area contributed by atoms with E-state index < -0.39 is 0 Å². The third-order valence-corrected chi connectivity index (χ3v) is 2.85. The molecule has 0 aromatic heterocycles. The van der Waals surface area contributed by atoms with Crippen molar-refractivity contribution >= 4 is 6.09 Å². The minimum absolute atomic E-state index is 0.175. The van der Waals surface area contributed by atoms with E-state index in [4.69, 9.17) is 4.74 Å². The van der Waals surface area contributed by atoms with Crippen molar-refractivity contribution in [1.29, 1.82) is 0 Å². The lowest BCUT2D eigenvalue weighted by Crippen LogP contribution is -2.38. The van der Waals surface area contributed by atoms with Crippen LogP contribution in [0.1, 0.15) is 6.42 Å². The van der Waals surface area contributed by atoms with Crippen molar-refractivity contribution in [2.45, 2.75) is 12.5 Å². The van der Waals surface area contributed by atoms with Crippen molar-refractivity contribution in [1.82, 2.24) is 10.2 Å². The van der Waals surface area contributed by atoms with E-state index in [0.29, 0.717) is 12.0 Å². The maximum atomic E-state index is 11.2. The number of methoxy groups -OCH3 is 1. The first-order valence-corrected chi connectivity index (χ1v) is 4.38. The molecule has 1 amide bonds. The van der Waals surface area contributed by atoms with Crippen LogP contribution >= 0.6 is 0 Å². The minimum atomic E-state index is -0.175. The van der Waals surface area contributed by atoms with Crippen molar-refractivity contribution in [3.63, 3.8) is 0 Å². The van der Waals surface area contributed by atoms with Gasteiger partial charge in [-0.3, -0.25) is 0 Å². The number of rotatable bonds is 0. The molecular formula is C8H14N2O2. The number of amides is 1. The summed E-state index contributed by atoms with van der Waals surface area (Å²) in [5, 5.41) is 3.28. The van der Waals surface area contributed by atoms with Gasteiger partial charge in [0, 0.05) is 19.6 Å². The molecular weight excluding hydrogens is 156 g/mol. The number of nitrogens with one attached hydrogen (secondary N) is 1. The molecule has 0 saturated carbocycles. The van der Waals surface area contributed by atoms with Crippen molar-refractivity contribution in [3.8, 4) is 0 Å². The number of carbonyl (C=O) groups excluding carboxylic acids is 1. The normalized spacial score (nSPS) is 33.6. The topological polar surface area (TPSA) is 41.6 Å². The van der Waals surface area contributed by atoms with Crippen molar-refractivity contribution in [2.24, 2.45) is 5.92 Å². The van der Waals surface area contributed by atoms with Gasteiger partial charge < -0.3 is 15.0 Å². The third kappa shape index (κ3) is 1.06. The Hall–Kier alpha value is -0.770. The van der Waals surface area contributed by atoms with Crippen LogP contribution in [0.5, 0.6) is 0 Å². The summed E-state index contributed by atoms with van der Waals surface area (Å²) in [5.74, 6) is 0.657. The van der Waals surface area contributed by atoms with Gasteiger partial charge in [-0.25, -0.2) is 4.79 Å². The van der Waals surface area contributed by atoms with E-state index in [9.17, 15) is 4.79 Å². The molecule has 0 spiro atoms. The summed E-state index contributed by atoms with van der Waals surface area (Å²) in [7, 11) is 1.44. The van der Waals surface area contributed by atoms with Crippen LogP contribution in [-0.4, -0.2) is 43.8 Å².